The maximum atomic E-state index is 11.2. The van der Waals surface area contributed by atoms with Crippen LogP contribution in [0.1, 0.15) is 11.3 Å². The first-order chi connectivity index (χ1) is 6.84. The van der Waals surface area contributed by atoms with E-state index in [0.717, 1.165) is 22.3 Å². The fourth-order valence-electron chi connectivity index (χ4n) is 1.82. The summed E-state index contributed by atoms with van der Waals surface area (Å²) in [6, 6.07) is 3.86. The maximum Gasteiger partial charge on any atom is 0.161 e. The van der Waals surface area contributed by atoms with Crippen molar-refractivity contribution in [2.24, 2.45) is 0 Å². The summed E-state index contributed by atoms with van der Waals surface area (Å²) in [5.74, 6) is 0.143. The second-order valence-electron chi connectivity index (χ2n) is 3.39. The molecule has 0 aliphatic heterocycles. The van der Waals surface area contributed by atoms with Gasteiger partial charge in [-0.1, -0.05) is 0 Å². The van der Waals surface area contributed by atoms with Crippen molar-refractivity contribution < 1.29 is 4.79 Å². The Labute approximate surface area is 80.5 Å². The number of carbonyl (C=O) groups is 1. The van der Waals surface area contributed by atoms with Crippen molar-refractivity contribution in [3.05, 3.63) is 35.7 Å². The lowest BCUT2D eigenvalue weighted by Crippen LogP contribution is -2.04. The van der Waals surface area contributed by atoms with E-state index in [0.29, 0.717) is 6.42 Å². The second-order valence-corrected chi connectivity index (χ2v) is 3.39. The number of aromatic nitrogens is 2. The molecule has 3 rings (SSSR count). The molecule has 2 aromatic heterocycles. The zero-order chi connectivity index (χ0) is 9.54. The van der Waals surface area contributed by atoms with Crippen molar-refractivity contribution >= 4 is 22.9 Å². The number of fused-ring (bicyclic) bond motifs is 3. The molecule has 3 heteroatoms. The molecule has 2 heterocycles. The van der Waals surface area contributed by atoms with Crippen molar-refractivity contribution in [1.82, 2.24) is 9.97 Å². The van der Waals surface area contributed by atoms with Gasteiger partial charge in [0, 0.05) is 17.5 Å². The smallest absolute Gasteiger partial charge is 0.161 e. The monoisotopic (exact) mass is 184 g/mol. The highest BCUT2D eigenvalue weighted by Gasteiger charge is 2.15. The SMILES string of the molecule is O=C1C=Cc2c([nH]c3cccnc23)C1. The van der Waals surface area contributed by atoms with Crippen LogP contribution in [0.25, 0.3) is 17.1 Å². The fourth-order valence-corrected chi connectivity index (χ4v) is 1.82. The van der Waals surface area contributed by atoms with E-state index < -0.39 is 0 Å². The van der Waals surface area contributed by atoms with E-state index in [2.05, 4.69) is 9.97 Å². The van der Waals surface area contributed by atoms with Crippen LogP contribution in [0.3, 0.4) is 0 Å². The van der Waals surface area contributed by atoms with Gasteiger partial charge in [0.1, 0.15) is 0 Å². The summed E-state index contributed by atoms with van der Waals surface area (Å²) in [6.07, 6.45) is 5.68. The quantitative estimate of drug-likeness (QED) is 0.677. The van der Waals surface area contributed by atoms with Crippen LogP contribution >= 0.6 is 0 Å². The second kappa shape index (κ2) is 2.54. The molecule has 0 unspecified atom stereocenters. The van der Waals surface area contributed by atoms with Crippen LogP contribution in [0.2, 0.25) is 0 Å². The Bertz CT molecular complexity index is 551. The molecule has 1 N–H and O–H groups in total. The van der Waals surface area contributed by atoms with E-state index >= 15 is 0 Å². The molecule has 0 radical (unpaired) electrons. The molecule has 0 spiro atoms. The first-order valence-corrected chi connectivity index (χ1v) is 4.51. The van der Waals surface area contributed by atoms with Gasteiger partial charge >= 0.3 is 0 Å². The third-order valence-electron chi connectivity index (χ3n) is 2.46. The van der Waals surface area contributed by atoms with Crippen LogP contribution < -0.4 is 0 Å². The molecule has 1 aliphatic carbocycles. The lowest BCUT2D eigenvalue weighted by Gasteiger charge is -2.02. The van der Waals surface area contributed by atoms with Gasteiger partial charge in [0.15, 0.2) is 5.78 Å². The molecule has 3 nitrogen and oxygen atoms in total. The Balaban J connectivity index is 2.37. The summed E-state index contributed by atoms with van der Waals surface area (Å²) in [7, 11) is 0. The van der Waals surface area contributed by atoms with Crippen LogP contribution in [0.15, 0.2) is 24.4 Å². The van der Waals surface area contributed by atoms with Gasteiger partial charge < -0.3 is 4.98 Å². The topological polar surface area (TPSA) is 45.8 Å². The number of aromatic amines is 1. The van der Waals surface area contributed by atoms with E-state index in [9.17, 15) is 4.79 Å². The number of carbonyl (C=O) groups excluding carboxylic acids is 1. The number of H-pyrrole nitrogens is 1. The summed E-state index contributed by atoms with van der Waals surface area (Å²) in [5, 5.41) is 0. The van der Waals surface area contributed by atoms with Gasteiger partial charge in [-0.3, -0.25) is 9.78 Å². The molecule has 0 saturated carbocycles. The van der Waals surface area contributed by atoms with Gasteiger partial charge in [-0.25, -0.2) is 0 Å². The third kappa shape index (κ3) is 0.923. The lowest BCUT2D eigenvalue weighted by atomic mass is 10.0. The molecular formula is C11H8N2O. The molecule has 0 bridgehead atoms. The van der Waals surface area contributed by atoms with Gasteiger partial charge in [-0.2, -0.15) is 0 Å². The average molecular weight is 184 g/mol. The Kier molecular flexibility index (Phi) is 1.36. The van der Waals surface area contributed by atoms with Crippen molar-refractivity contribution in [3.8, 4) is 0 Å². The van der Waals surface area contributed by atoms with Gasteiger partial charge in [0.05, 0.1) is 17.5 Å². The minimum atomic E-state index is 0.143. The van der Waals surface area contributed by atoms with Gasteiger partial charge in [0.25, 0.3) is 0 Å². The first-order valence-electron chi connectivity index (χ1n) is 4.51. The van der Waals surface area contributed by atoms with E-state index in [1.54, 1.807) is 12.3 Å². The number of pyridine rings is 1. The number of allylic oxidation sites excluding steroid dienone is 1. The van der Waals surface area contributed by atoms with E-state index in [1.165, 1.54) is 0 Å². The maximum absolute atomic E-state index is 11.2. The molecule has 0 amide bonds. The number of rotatable bonds is 0. The summed E-state index contributed by atoms with van der Waals surface area (Å²) in [6.45, 7) is 0. The number of hydrogen-bond acceptors (Lipinski definition) is 2. The Hall–Kier alpha value is -1.90. The minimum Gasteiger partial charge on any atom is -0.356 e. The number of nitrogens with zero attached hydrogens (tertiary/aromatic N) is 1. The summed E-state index contributed by atoms with van der Waals surface area (Å²) >= 11 is 0. The molecule has 1 aliphatic rings. The van der Waals surface area contributed by atoms with Crippen LogP contribution in [0, 0.1) is 0 Å². The molecule has 14 heavy (non-hydrogen) atoms. The predicted octanol–water partition coefficient (Wildman–Crippen LogP) is 1.70. The van der Waals surface area contributed by atoms with Crippen molar-refractivity contribution in [1.29, 1.82) is 0 Å². The molecule has 2 aromatic rings. The average Bonchev–Trinajstić information content (AvgIpc) is 2.54. The highest BCUT2D eigenvalue weighted by Crippen LogP contribution is 2.24. The molecule has 0 atom stereocenters. The van der Waals surface area contributed by atoms with Gasteiger partial charge in [-0.05, 0) is 24.3 Å². The van der Waals surface area contributed by atoms with Crippen LogP contribution in [0.4, 0.5) is 0 Å². The summed E-state index contributed by atoms with van der Waals surface area (Å²) in [5.41, 5.74) is 3.98. The number of nitrogens with one attached hydrogen (secondary N) is 1. The highest BCUT2D eigenvalue weighted by molar-refractivity contribution is 6.02. The predicted molar refractivity (Wildman–Crippen MR) is 53.8 cm³/mol. The lowest BCUT2D eigenvalue weighted by molar-refractivity contribution is -0.114. The van der Waals surface area contributed by atoms with E-state index in [1.807, 2.05) is 18.2 Å². The Morgan fingerprint density at radius 2 is 2.29 bits per heavy atom. The highest BCUT2D eigenvalue weighted by atomic mass is 16.1. The molecule has 68 valence electrons. The Morgan fingerprint density at radius 3 is 3.21 bits per heavy atom. The summed E-state index contributed by atoms with van der Waals surface area (Å²) in [4.78, 5) is 18.7. The zero-order valence-electron chi connectivity index (χ0n) is 7.45. The summed E-state index contributed by atoms with van der Waals surface area (Å²) < 4.78 is 0. The van der Waals surface area contributed by atoms with Crippen LogP contribution in [-0.4, -0.2) is 15.8 Å². The Morgan fingerprint density at radius 1 is 1.36 bits per heavy atom. The standard InChI is InChI=1S/C11H8N2O/c14-7-3-4-8-10(6-7)13-9-2-1-5-12-11(8)9/h1-5,13H,6H2. The van der Waals surface area contributed by atoms with Crippen molar-refractivity contribution in [2.45, 2.75) is 6.42 Å². The largest absolute Gasteiger partial charge is 0.356 e. The fraction of sp³-hybridized carbons (Fsp3) is 0.0909. The van der Waals surface area contributed by atoms with Crippen LogP contribution in [0.5, 0.6) is 0 Å². The van der Waals surface area contributed by atoms with Crippen molar-refractivity contribution in [2.75, 3.05) is 0 Å². The van der Waals surface area contributed by atoms with Gasteiger partial charge in [-0.15, -0.1) is 0 Å². The molecule has 0 saturated heterocycles. The first kappa shape index (κ1) is 7.50. The van der Waals surface area contributed by atoms with E-state index in [4.69, 9.17) is 0 Å². The van der Waals surface area contributed by atoms with Crippen molar-refractivity contribution in [3.63, 3.8) is 0 Å². The van der Waals surface area contributed by atoms with E-state index in [-0.39, 0.29) is 5.78 Å². The minimum absolute atomic E-state index is 0.143. The third-order valence-corrected chi connectivity index (χ3v) is 2.46. The molecule has 0 aromatic carbocycles. The normalized spacial score (nSPS) is 14.7. The molecular weight excluding hydrogens is 176 g/mol. The van der Waals surface area contributed by atoms with Crippen LogP contribution in [-0.2, 0) is 11.2 Å². The number of hydrogen-bond donors (Lipinski definition) is 1. The zero-order valence-corrected chi connectivity index (χ0v) is 7.45. The van der Waals surface area contributed by atoms with Gasteiger partial charge in [0.2, 0.25) is 0 Å². The number of ketones is 1. The molecule has 0 fully saturated rings.